The number of rotatable bonds is 4. The number of amides is 2. The fourth-order valence-electron chi connectivity index (χ4n) is 3.61. The standard InChI is InChI=1S/C21H13N3O10S/c25-16-11-3-1-2-4-12(11)17(26)14-13(16)15(19(28)20(18(14)27)35(32,33)34)23-21(29)22-9-5-7-10(8-6-9)24(30)31/h1-8,27-28H,(H2,22,23,29)(H,32,33,34). The van der Waals surface area contributed by atoms with Gasteiger partial charge in [0.1, 0.15) is 0 Å². The molecule has 0 aromatic heterocycles. The molecule has 0 saturated heterocycles. The van der Waals surface area contributed by atoms with E-state index in [4.69, 9.17) is 0 Å². The van der Waals surface area contributed by atoms with Crippen LogP contribution in [0.25, 0.3) is 0 Å². The van der Waals surface area contributed by atoms with E-state index in [9.17, 15) is 47.7 Å². The normalized spacial score (nSPS) is 12.5. The number of hydrogen-bond donors (Lipinski definition) is 5. The van der Waals surface area contributed by atoms with Gasteiger partial charge in [-0.25, -0.2) is 4.79 Å². The van der Waals surface area contributed by atoms with Crippen LogP contribution in [0.3, 0.4) is 0 Å². The topological polar surface area (TPSA) is 213 Å². The average molecular weight is 499 g/mol. The number of phenolic OH excluding ortho intramolecular Hbond substituents is 2. The van der Waals surface area contributed by atoms with Gasteiger partial charge in [0.25, 0.3) is 5.69 Å². The van der Waals surface area contributed by atoms with Gasteiger partial charge in [0.05, 0.1) is 21.7 Å². The summed E-state index contributed by atoms with van der Waals surface area (Å²) in [6.45, 7) is 0. The lowest BCUT2D eigenvalue weighted by atomic mass is 9.82. The van der Waals surface area contributed by atoms with E-state index in [0.29, 0.717) is 0 Å². The number of benzene rings is 3. The van der Waals surface area contributed by atoms with E-state index in [1.165, 1.54) is 36.4 Å². The maximum absolute atomic E-state index is 13.2. The van der Waals surface area contributed by atoms with E-state index in [0.717, 1.165) is 12.1 Å². The Bertz CT molecular complexity index is 1560. The van der Waals surface area contributed by atoms with Crippen molar-refractivity contribution in [1.82, 2.24) is 0 Å². The van der Waals surface area contributed by atoms with Crippen molar-refractivity contribution in [2.45, 2.75) is 4.90 Å². The number of nitro groups is 1. The monoisotopic (exact) mass is 499 g/mol. The first-order valence-corrected chi connectivity index (χ1v) is 11.0. The molecule has 5 N–H and O–H groups in total. The molecule has 13 nitrogen and oxygen atoms in total. The molecule has 2 amide bonds. The first-order valence-electron chi connectivity index (χ1n) is 9.52. The second-order valence-electron chi connectivity index (χ2n) is 7.21. The van der Waals surface area contributed by atoms with Gasteiger partial charge >= 0.3 is 16.1 Å². The SMILES string of the molecule is O=C(Nc1ccc([N+](=O)[O-])cc1)Nc1c(O)c(S(=O)(=O)O)c(O)c2c1C(=O)c1ccccc1C2=O. The van der Waals surface area contributed by atoms with E-state index >= 15 is 0 Å². The number of fused-ring (bicyclic) bond motifs is 2. The fourth-order valence-corrected chi connectivity index (χ4v) is 4.30. The Hall–Kier alpha value is -4.82. The lowest BCUT2D eigenvalue weighted by Crippen LogP contribution is -2.27. The molecule has 1 aliphatic rings. The van der Waals surface area contributed by atoms with Crippen LogP contribution >= 0.6 is 0 Å². The Kier molecular flexibility index (Phi) is 5.46. The van der Waals surface area contributed by atoms with Crippen LogP contribution in [-0.4, -0.2) is 45.7 Å². The summed E-state index contributed by atoms with van der Waals surface area (Å²) in [4.78, 5) is 47.4. The molecule has 0 radical (unpaired) electrons. The van der Waals surface area contributed by atoms with Crippen molar-refractivity contribution in [3.05, 3.63) is 80.9 Å². The van der Waals surface area contributed by atoms with Crippen LogP contribution in [0.4, 0.5) is 21.9 Å². The Morgan fingerprint density at radius 2 is 1.40 bits per heavy atom. The third-order valence-electron chi connectivity index (χ3n) is 5.11. The summed E-state index contributed by atoms with van der Waals surface area (Å²) in [5.41, 5.74) is -2.93. The number of phenols is 2. The highest BCUT2D eigenvalue weighted by Gasteiger charge is 2.40. The summed E-state index contributed by atoms with van der Waals surface area (Å²) >= 11 is 0. The number of nitro benzene ring substituents is 1. The van der Waals surface area contributed by atoms with Gasteiger partial charge in [0.15, 0.2) is 28.0 Å². The van der Waals surface area contributed by atoms with Crippen LogP contribution < -0.4 is 10.6 Å². The largest absolute Gasteiger partial charge is 0.506 e. The van der Waals surface area contributed by atoms with Crippen molar-refractivity contribution in [2.75, 3.05) is 10.6 Å². The Morgan fingerprint density at radius 3 is 1.91 bits per heavy atom. The zero-order valence-electron chi connectivity index (χ0n) is 17.2. The molecule has 3 aromatic rings. The first kappa shape index (κ1) is 23.3. The molecular formula is C21H13N3O10S. The van der Waals surface area contributed by atoms with Gasteiger partial charge < -0.3 is 20.8 Å². The first-order chi connectivity index (χ1) is 16.4. The third-order valence-corrected chi connectivity index (χ3v) is 6.01. The highest BCUT2D eigenvalue weighted by atomic mass is 32.2. The van der Waals surface area contributed by atoms with E-state index in [-0.39, 0.29) is 22.5 Å². The minimum atomic E-state index is -5.35. The number of non-ortho nitro benzene ring substituents is 1. The van der Waals surface area contributed by atoms with E-state index in [1.807, 2.05) is 0 Å². The molecule has 178 valence electrons. The average Bonchev–Trinajstić information content (AvgIpc) is 2.78. The quantitative estimate of drug-likeness (QED) is 0.0909. The molecule has 0 heterocycles. The van der Waals surface area contributed by atoms with Crippen molar-refractivity contribution < 1.29 is 42.5 Å². The number of aromatic hydroxyl groups is 2. The number of nitrogens with one attached hydrogen (secondary N) is 2. The van der Waals surface area contributed by atoms with Crippen LogP contribution in [0, 0.1) is 10.1 Å². The number of anilines is 2. The van der Waals surface area contributed by atoms with Crippen molar-refractivity contribution in [3.63, 3.8) is 0 Å². The van der Waals surface area contributed by atoms with Crippen LogP contribution in [-0.2, 0) is 10.1 Å². The van der Waals surface area contributed by atoms with Gasteiger partial charge in [0, 0.05) is 28.9 Å². The second-order valence-corrected chi connectivity index (χ2v) is 8.57. The highest BCUT2D eigenvalue weighted by Crippen LogP contribution is 2.47. The number of carbonyl (C=O) groups is 3. The summed E-state index contributed by atoms with van der Waals surface area (Å²) in [6, 6.07) is 8.79. The summed E-state index contributed by atoms with van der Waals surface area (Å²) in [7, 11) is -5.35. The summed E-state index contributed by atoms with van der Waals surface area (Å²) in [5.74, 6) is -4.66. The second kappa shape index (κ2) is 8.19. The van der Waals surface area contributed by atoms with Crippen LogP contribution in [0.15, 0.2) is 53.4 Å². The summed E-state index contributed by atoms with van der Waals surface area (Å²) in [6.07, 6.45) is 0. The van der Waals surface area contributed by atoms with Crippen molar-refractivity contribution >= 4 is 44.8 Å². The van der Waals surface area contributed by atoms with E-state index < -0.39 is 65.8 Å². The fraction of sp³-hybridized carbons (Fsp3) is 0. The number of ketones is 2. The third kappa shape index (κ3) is 3.92. The Balaban J connectivity index is 1.85. The van der Waals surface area contributed by atoms with Gasteiger partial charge in [-0.05, 0) is 12.1 Å². The lowest BCUT2D eigenvalue weighted by molar-refractivity contribution is -0.384. The van der Waals surface area contributed by atoms with Crippen LogP contribution in [0.2, 0.25) is 0 Å². The molecule has 0 saturated carbocycles. The molecule has 14 heteroatoms. The molecule has 0 aliphatic heterocycles. The Labute approximate surface area is 195 Å². The van der Waals surface area contributed by atoms with Gasteiger partial charge in [-0.15, -0.1) is 0 Å². The minimum absolute atomic E-state index is 0.0444. The highest BCUT2D eigenvalue weighted by molar-refractivity contribution is 7.86. The molecule has 0 fully saturated rings. The van der Waals surface area contributed by atoms with Gasteiger partial charge in [-0.3, -0.25) is 24.3 Å². The zero-order valence-corrected chi connectivity index (χ0v) is 18.0. The van der Waals surface area contributed by atoms with Gasteiger partial charge in [-0.1, -0.05) is 24.3 Å². The Morgan fingerprint density at radius 1 is 0.857 bits per heavy atom. The van der Waals surface area contributed by atoms with Gasteiger partial charge in [-0.2, -0.15) is 8.42 Å². The minimum Gasteiger partial charge on any atom is -0.506 e. The summed E-state index contributed by atoms with van der Waals surface area (Å²) in [5, 5.41) is 36.1. The molecule has 0 atom stereocenters. The number of hydrogen-bond acceptors (Lipinski definition) is 9. The molecule has 0 bridgehead atoms. The molecule has 1 aliphatic carbocycles. The summed E-state index contributed by atoms with van der Waals surface area (Å²) < 4.78 is 33.3. The van der Waals surface area contributed by atoms with E-state index in [2.05, 4.69) is 10.6 Å². The molecule has 3 aromatic carbocycles. The van der Waals surface area contributed by atoms with Gasteiger partial charge in [0.2, 0.25) is 0 Å². The predicted molar refractivity (Wildman–Crippen MR) is 119 cm³/mol. The molecule has 0 spiro atoms. The maximum atomic E-state index is 13.2. The molecule has 0 unspecified atom stereocenters. The molecular weight excluding hydrogens is 486 g/mol. The molecule has 35 heavy (non-hydrogen) atoms. The number of carbonyl (C=O) groups excluding carboxylic acids is 3. The van der Waals surface area contributed by atoms with E-state index in [1.54, 1.807) is 0 Å². The number of urea groups is 1. The van der Waals surface area contributed by atoms with Crippen LogP contribution in [0.5, 0.6) is 11.5 Å². The van der Waals surface area contributed by atoms with Crippen molar-refractivity contribution in [3.8, 4) is 11.5 Å². The van der Waals surface area contributed by atoms with Crippen molar-refractivity contribution in [1.29, 1.82) is 0 Å². The van der Waals surface area contributed by atoms with Crippen LogP contribution in [0.1, 0.15) is 31.8 Å². The van der Waals surface area contributed by atoms with Crippen molar-refractivity contribution in [2.24, 2.45) is 0 Å². The maximum Gasteiger partial charge on any atom is 0.323 e. The molecule has 4 rings (SSSR count). The number of nitrogens with zero attached hydrogens (tertiary/aromatic N) is 1. The zero-order chi connectivity index (χ0) is 25.7. The smallest absolute Gasteiger partial charge is 0.323 e. The lowest BCUT2D eigenvalue weighted by Gasteiger charge is -2.23. The predicted octanol–water partition coefficient (Wildman–Crippen LogP) is 2.67.